The van der Waals surface area contributed by atoms with Crippen molar-refractivity contribution >= 4 is 22.5 Å². The molecule has 0 saturated carbocycles. The number of anilines is 1. The summed E-state index contributed by atoms with van der Waals surface area (Å²) in [5, 5.41) is 1.08. The molecule has 0 aliphatic carbocycles. The Kier molecular flexibility index (Phi) is 8.59. The number of carbonyl (C=O) groups excluding carboxylic acids is 1. The summed E-state index contributed by atoms with van der Waals surface area (Å²) >= 11 is 0. The molecular formula is C35H40N4O2. The Balaban J connectivity index is 0.959. The summed E-state index contributed by atoms with van der Waals surface area (Å²) in [6.07, 6.45) is 3.46. The van der Waals surface area contributed by atoms with Gasteiger partial charge in [0.2, 0.25) is 5.91 Å². The van der Waals surface area contributed by atoms with Gasteiger partial charge < -0.3 is 9.64 Å². The first-order valence-electron chi connectivity index (χ1n) is 15.0. The third-order valence-electron chi connectivity index (χ3n) is 8.50. The molecule has 2 aliphatic heterocycles. The summed E-state index contributed by atoms with van der Waals surface area (Å²) in [7, 11) is 0. The van der Waals surface area contributed by atoms with Crippen molar-refractivity contribution in [3.8, 4) is 5.75 Å². The number of pyridine rings is 1. The summed E-state index contributed by atoms with van der Waals surface area (Å²) in [5.41, 5.74) is 5.65. The molecule has 1 amide bonds. The molecule has 0 atom stereocenters. The first-order valence-corrected chi connectivity index (χ1v) is 15.0. The zero-order valence-electron chi connectivity index (χ0n) is 24.0. The normalized spacial score (nSPS) is 17.3. The van der Waals surface area contributed by atoms with E-state index >= 15 is 0 Å². The molecule has 2 aliphatic rings. The second-order valence-electron chi connectivity index (χ2n) is 11.5. The number of benzene rings is 3. The molecule has 0 bridgehead atoms. The maximum Gasteiger partial charge on any atom is 0.241 e. The summed E-state index contributed by atoms with van der Waals surface area (Å²) in [4.78, 5) is 24.4. The Morgan fingerprint density at radius 3 is 2.46 bits per heavy atom. The van der Waals surface area contributed by atoms with E-state index in [0.717, 1.165) is 73.7 Å². The summed E-state index contributed by atoms with van der Waals surface area (Å²) in [5.74, 6) is 1.78. The summed E-state index contributed by atoms with van der Waals surface area (Å²) in [6, 6.07) is 29.3. The van der Waals surface area contributed by atoms with E-state index in [2.05, 4.69) is 69.4 Å². The molecule has 6 nitrogen and oxygen atoms in total. The molecule has 2 saturated heterocycles. The minimum Gasteiger partial charge on any atom is -0.492 e. The van der Waals surface area contributed by atoms with Crippen LogP contribution in [-0.2, 0) is 17.8 Å². The Morgan fingerprint density at radius 2 is 1.63 bits per heavy atom. The molecule has 1 aromatic heterocycles. The zero-order chi connectivity index (χ0) is 28.0. The molecule has 41 heavy (non-hydrogen) atoms. The number of amides is 1. The van der Waals surface area contributed by atoms with Crippen LogP contribution in [0, 0.1) is 12.8 Å². The van der Waals surface area contributed by atoms with Crippen molar-refractivity contribution in [2.45, 2.75) is 32.7 Å². The number of piperidine rings is 1. The molecule has 6 heteroatoms. The van der Waals surface area contributed by atoms with Gasteiger partial charge in [0.25, 0.3) is 0 Å². The topological polar surface area (TPSA) is 48.9 Å². The average Bonchev–Trinajstić information content (AvgIpc) is 2.99. The Labute approximate surface area is 243 Å². The Morgan fingerprint density at radius 1 is 0.829 bits per heavy atom. The molecular weight excluding hydrogens is 508 g/mol. The highest BCUT2D eigenvalue weighted by molar-refractivity contribution is 5.95. The van der Waals surface area contributed by atoms with Gasteiger partial charge in [-0.3, -0.25) is 19.6 Å². The van der Waals surface area contributed by atoms with Gasteiger partial charge in [0.15, 0.2) is 0 Å². The predicted molar refractivity (Wildman–Crippen MR) is 165 cm³/mol. The zero-order valence-corrected chi connectivity index (χ0v) is 24.0. The number of aryl methyl sites for hydroxylation is 1. The summed E-state index contributed by atoms with van der Waals surface area (Å²) in [6.45, 7) is 8.78. The van der Waals surface area contributed by atoms with E-state index in [1.807, 2.05) is 42.2 Å². The fourth-order valence-corrected chi connectivity index (χ4v) is 6.21. The molecule has 2 fully saturated rings. The molecule has 212 valence electrons. The number of fused-ring (bicyclic) bond motifs is 1. The van der Waals surface area contributed by atoms with Crippen molar-refractivity contribution in [3.05, 3.63) is 102 Å². The van der Waals surface area contributed by atoms with E-state index in [4.69, 9.17) is 4.74 Å². The quantitative estimate of drug-likeness (QED) is 0.268. The van der Waals surface area contributed by atoms with E-state index < -0.39 is 0 Å². The smallest absolute Gasteiger partial charge is 0.241 e. The van der Waals surface area contributed by atoms with Crippen molar-refractivity contribution in [2.75, 3.05) is 50.8 Å². The lowest BCUT2D eigenvalue weighted by Crippen LogP contribution is -2.50. The van der Waals surface area contributed by atoms with E-state index in [9.17, 15) is 4.79 Å². The van der Waals surface area contributed by atoms with Gasteiger partial charge >= 0.3 is 0 Å². The number of aromatic nitrogens is 1. The number of ether oxygens (including phenoxy) is 1. The van der Waals surface area contributed by atoms with Crippen LogP contribution < -0.4 is 9.64 Å². The second-order valence-corrected chi connectivity index (χ2v) is 11.5. The van der Waals surface area contributed by atoms with Gasteiger partial charge in [0.05, 0.1) is 12.1 Å². The van der Waals surface area contributed by atoms with Crippen LogP contribution in [0.5, 0.6) is 5.75 Å². The third-order valence-corrected chi connectivity index (χ3v) is 8.50. The first-order chi connectivity index (χ1) is 20.1. The fourth-order valence-electron chi connectivity index (χ4n) is 6.21. The molecule has 3 heterocycles. The van der Waals surface area contributed by atoms with Gasteiger partial charge in [-0.15, -0.1) is 0 Å². The third kappa shape index (κ3) is 6.95. The van der Waals surface area contributed by atoms with E-state index in [0.29, 0.717) is 19.1 Å². The molecule has 0 spiro atoms. The summed E-state index contributed by atoms with van der Waals surface area (Å²) < 4.78 is 6.18. The van der Waals surface area contributed by atoms with Crippen LogP contribution in [0.2, 0.25) is 0 Å². The van der Waals surface area contributed by atoms with Crippen molar-refractivity contribution in [1.82, 2.24) is 14.8 Å². The van der Waals surface area contributed by atoms with Gasteiger partial charge in [-0.05, 0) is 92.7 Å². The number of rotatable bonds is 9. The van der Waals surface area contributed by atoms with Crippen LogP contribution in [0.15, 0.2) is 84.9 Å². The Hall–Kier alpha value is -3.74. The molecule has 3 aromatic carbocycles. The molecule has 6 rings (SSSR count). The van der Waals surface area contributed by atoms with Gasteiger partial charge in [-0.1, -0.05) is 48.5 Å². The van der Waals surface area contributed by atoms with Crippen LogP contribution >= 0.6 is 0 Å². The van der Waals surface area contributed by atoms with Crippen LogP contribution in [0.3, 0.4) is 0 Å². The molecule has 4 aromatic rings. The molecule has 0 unspecified atom stereocenters. The van der Waals surface area contributed by atoms with Gasteiger partial charge in [-0.2, -0.15) is 0 Å². The predicted octanol–water partition coefficient (Wildman–Crippen LogP) is 5.73. The fraction of sp³-hybridized carbons (Fsp3) is 0.371. The van der Waals surface area contributed by atoms with Crippen LogP contribution in [0.1, 0.15) is 29.7 Å². The number of hydrogen-bond acceptors (Lipinski definition) is 5. The number of piperazine rings is 1. The van der Waals surface area contributed by atoms with Gasteiger partial charge in [0, 0.05) is 42.9 Å². The monoisotopic (exact) mass is 548 g/mol. The average molecular weight is 549 g/mol. The second kappa shape index (κ2) is 12.8. The maximum absolute atomic E-state index is 13.1. The van der Waals surface area contributed by atoms with E-state index in [1.54, 1.807) is 0 Å². The van der Waals surface area contributed by atoms with Crippen LogP contribution in [0.4, 0.5) is 5.69 Å². The highest BCUT2D eigenvalue weighted by atomic mass is 16.5. The molecule has 0 radical (unpaired) electrons. The highest BCUT2D eigenvalue weighted by Crippen LogP contribution is 2.27. The number of carbonyl (C=O) groups is 1. The van der Waals surface area contributed by atoms with Crippen molar-refractivity contribution in [3.63, 3.8) is 0 Å². The lowest BCUT2D eigenvalue weighted by Gasteiger charge is -2.35. The first kappa shape index (κ1) is 27.4. The van der Waals surface area contributed by atoms with Crippen LogP contribution in [0.25, 0.3) is 10.9 Å². The molecule has 0 N–H and O–H groups in total. The highest BCUT2D eigenvalue weighted by Gasteiger charge is 2.26. The Bertz CT molecular complexity index is 1470. The lowest BCUT2D eigenvalue weighted by molar-refractivity contribution is -0.121. The number of hydrogen-bond donors (Lipinski definition) is 0. The minimum absolute atomic E-state index is 0.190. The van der Waals surface area contributed by atoms with E-state index in [-0.39, 0.29) is 5.91 Å². The maximum atomic E-state index is 13.1. The standard InChI is InChI=1S/C35H40N4O2/c1-27-13-14-32-33(36-27)11-6-12-34(32)41-22-21-37-17-15-28(16-18-37)23-30-9-5-10-31(24-30)39-20-19-38(26-35(39)40)25-29-7-3-2-4-8-29/h2-14,24,28H,15-23,25-26H2,1H3. The number of nitrogens with zero attached hydrogens (tertiary/aromatic N) is 4. The lowest BCUT2D eigenvalue weighted by atomic mass is 9.90. The van der Waals surface area contributed by atoms with E-state index in [1.165, 1.54) is 24.0 Å². The van der Waals surface area contributed by atoms with Crippen LogP contribution in [-0.4, -0.2) is 66.6 Å². The SMILES string of the molecule is Cc1ccc2c(OCCN3CCC(Cc4cccc(N5CCN(Cc6ccccc6)CC5=O)c4)CC3)cccc2n1. The van der Waals surface area contributed by atoms with Gasteiger partial charge in [-0.25, -0.2) is 0 Å². The van der Waals surface area contributed by atoms with Crippen molar-refractivity contribution in [1.29, 1.82) is 0 Å². The van der Waals surface area contributed by atoms with Gasteiger partial charge in [0.1, 0.15) is 12.4 Å². The van der Waals surface area contributed by atoms with Crippen molar-refractivity contribution < 1.29 is 9.53 Å². The van der Waals surface area contributed by atoms with Crippen molar-refractivity contribution in [2.24, 2.45) is 5.92 Å². The number of likely N-dealkylation sites (tertiary alicyclic amines) is 1. The minimum atomic E-state index is 0.190. The largest absolute Gasteiger partial charge is 0.492 e.